The van der Waals surface area contributed by atoms with Crippen molar-refractivity contribution in [3.8, 4) is 0 Å². The van der Waals surface area contributed by atoms with Crippen LogP contribution in [0.3, 0.4) is 0 Å². The predicted molar refractivity (Wildman–Crippen MR) is 86.0 cm³/mol. The molecule has 1 aliphatic heterocycles. The minimum Gasteiger partial charge on any atom is -0.340 e. The summed E-state index contributed by atoms with van der Waals surface area (Å²) < 4.78 is 27.1. The first-order chi connectivity index (χ1) is 11.4. The number of amides is 1. The quantitative estimate of drug-likeness (QED) is 0.694. The summed E-state index contributed by atoms with van der Waals surface area (Å²) in [6, 6.07) is 1.23. The van der Waals surface area contributed by atoms with Gasteiger partial charge >= 0.3 is 5.69 Å². The van der Waals surface area contributed by atoms with Crippen LogP contribution >= 0.6 is 0 Å². The summed E-state index contributed by atoms with van der Waals surface area (Å²) in [4.78, 5) is 38.5. The van der Waals surface area contributed by atoms with Crippen LogP contribution in [-0.4, -0.2) is 64.5 Å². The molecule has 9 nitrogen and oxygen atoms in total. The fourth-order valence-electron chi connectivity index (χ4n) is 2.76. The largest absolute Gasteiger partial charge is 0.340 e. The first-order valence-electron chi connectivity index (χ1n) is 7.94. The minimum atomic E-state index is -3.19. The number of aromatic amines is 1. The van der Waals surface area contributed by atoms with Crippen LogP contribution in [0.25, 0.3) is 0 Å². The number of aryl methyl sites for hydroxylation is 1. The molecule has 1 aliphatic carbocycles. The normalized spacial score (nSPS) is 19.4. The van der Waals surface area contributed by atoms with Crippen LogP contribution in [0.5, 0.6) is 0 Å². The predicted octanol–water partition coefficient (Wildman–Crippen LogP) is -1.44. The third kappa shape index (κ3) is 3.59. The number of rotatable bonds is 5. The third-order valence-corrected chi connectivity index (χ3v) is 6.76. The second-order valence-electron chi connectivity index (χ2n) is 6.08. The zero-order valence-corrected chi connectivity index (χ0v) is 14.0. The lowest BCUT2D eigenvalue weighted by Crippen LogP contribution is -2.51. The Bertz CT molecular complexity index is 831. The Kier molecular flexibility index (Phi) is 4.59. The van der Waals surface area contributed by atoms with Gasteiger partial charge in [0, 0.05) is 51.4 Å². The van der Waals surface area contributed by atoms with Gasteiger partial charge in [-0.25, -0.2) is 13.2 Å². The van der Waals surface area contributed by atoms with E-state index in [1.807, 2.05) is 0 Å². The number of nitrogens with zero attached hydrogens (tertiary/aromatic N) is 3. The van der Waals surface area contributed by atoms with Crippen molar-refractivity contribution < 1.29 is 13.2 Å². The second kappa shape index (κ2) is 6.52. The summed E-state index contributed by atoms with van der Waals surface area (Å²) in [7, 11) is -3.19. The molecule has 132 valence electrons. The van der Waals surface area contributed by atoms with E-state index in [9.17, 15) is 22.8 Å². The van der Waals surface area contributed by atoms with Gasteiger partial charge in [-0.2, -0.15) is 4.31 Å². The van der Waals surface area contributed by atoms with Crippen molar-refractivity contribution in [2.45, 2.75) is 31.1 Å². The highest BCUT2D eigenvalue weighted by Crippen LogP contribution is 2.31. The number of hydrogen-bond acceptors (Lipinski definition) is 5. The smallest absolute Gasteiger partial charge is 0.328 e. The number of carbonyl (C=O) groups excluding carboxylic acids is 1. The third-order valence-electron chi connectivity index (χ3n) is 4.36. The Labute approximate surface area is 138 Å². The first kappa shape index (κ1) is 16.9. The monoisotopic (exact) mass is 356 g/mol. The number of H-pyrrole nitrogens is 1. The molecule has 0 bridgehead atoms. The molecule has 0 aromatic carbocycles. The average molecular weight is 356 g/mol. The maximum absolute atomic E-state index is 12.2. The van der Waals surface area contributed by atoms with E-state index >= 15 is 0 Å². The molecule has 10 heteroatoms. The molecule has 0 atom stereocenters. The first-order valence-corrected chi connectivity index (χ1v) is 9.45. The summed E-state index contributed by atoms with van der Waals surface area (Å²) in [5.41, 5.74) is -1.02. The molecule has 1 amide bonds. The second-order valence-corrected chi connectivity index (χ2v) is 8.29. The van der Waals surface area contributed by atoms with E-state index < -0.39 is 21.3 Å². The number of piperazine rings is 1. The zero-order chi connectivity index (χ0) is 17.3. The van der Waals surface area contributed by atoms with Crippen LogP contribution in [-0.2, 0) is 21.4 Å². The number of nitrogens with one attached hydrogen (secondary N) is 1. The molecule has 0 radical (unpaired) electrons. The Morgan fingerprint density at radius 2 is 1.83 bits per heavy atom. The summed E-state index contributed by atoms with van der Waals surface area (Å²) >= 11 is 0. The van der Waals surface area contributed by atoms with Gasteiger partial charge in [0.05, 0.1) is 5.25 Å². The molecule has 2 heterocycles. The topological polar surface area (TPSA) is 113 Å². The molecule has 1 saturated heterocycles. The van der Waals surface area contributed by atoms with Crippen molar-refractivity contribution >= 4 is 15.9 Å². The lowest BCUT2D eigenvalue weighted by Gasteiger charge is -2.34. The van der Waals surface area contributed by atoms with Crippen LogP contribution in [0.2, 0.25) is 0 Å². The maximum Gasteiger partial charge on any atom is 0.328 e. The molecule has 24 heavy (non-hydrogen) atoms. The van der Waals surface area contributed by atoms with E-state index in [2.05, 4.69) is 4.98 Å². The summed E-state index contributed by atoms with van der Waals surface area (Å²) in [5.74, 6) is -0.128. The van der Waals surface area contributed by atoms with E-state index in [0.29, 0.717) is 26.2 Å². The summed E-state index contributed by atoms with van der Waals surface area (Å²) in [5, 5.41) is -0.230. The van der Waals surface area contributed by atoms with Gasteiger partial charge in [0.15, 0.2) is 0 Å². The van der Waals surface area contributed by atoms with Gasteiger partial charge in [-0.05, 0) is 12.8 Å². The van der Waals surface area contributed by atoms with Crippen LogP contribution in [0, 0.1) is 0 Å². The van der Waals surface area contributed by atoms with Crippen LogP contribution in [0.1, 0.15) is 19.3 Å². The molecular formula is C14H20N4O5S. The minimum absolute atomic E-state index is 0.126. The van der Waals surface area contributed by atoms with E-state index in [0.717, 1.165) is 12.8 Å². The molecule has 3 rings (SSSR count). The van der Waals surface area contributed by atoms with Gasteiger partial charge in [0.25, 0.3) is 5.56 Å². The van der Waals surface area contributed by atoms with E-state index in [-0.39, 0.29) is 24.1 Å². The highest BCUT2D eigenvalue weighted by molar-refractivity contribution is 7.90. The number of sulfonamides is 1. The van der Waals surface area contributed by atoms with E-state index in [1.165, 1.54) is 21.1 Å². The molecule has 2 fully saturated rings. The van der Waals surface area contributed by atoms with Crippen LogP contribution < -0.4 is 11.2 Å². The van der Waals surface area contributed by atoms with Gasteiger partial charge in [-0.3, -0.25) is 14.6 Å². The molecule has 1 N–H and O–H groups in total. The molecule has 1 saturated carbocycles. The Morgan fingerprint density at radius 3 is 2.42 bits per heavy atom. The number of hydrogen-bond donors (Lipinski definition) is 1. The Balaban J connectivity index is 1.52. The van der Waals surface area contributed by atoms with Crippen molar-refractivity contribution in [3.63, 3.8) is 0 Å². The van der Waals surface area contributed by atoms with Crippen molar-refractivity contribution in [1.82, 2.24) is 18.8 Å². The van der Waals surface area contributed by atoms with Gasteiger partial charge in [0.2, 0.25) is 15.9 Å². The number of carbonyl (C=O) groups is 1. The Morgan fingerprint density at radius 1 is 1.17 bits per heavy atom. The summed E-state index contributed by atoms with van der Waals surface area (Å²) in [6.45, 7) is 1.55. The molecule has 0 unspecified atom stereocenters. The van der Waals surface area contributed by atoms with Crippen molar-refractivity contribution in [2.24, 2.45) is 0 Å². The van der Waals surface area contributed by atoms with Gasteiger partial charge in [0.1, 0.15) is 0 Å². The van der Waals surface area contributed by atoms with E-state index in [4.69, 9.17) is 0 Å². The maximum atomic E-state index is 12.2. The molecule has 1 aromatic rings. The Hall–Kier alpha value is -1.94. The highest BCUT2D eigenvalue weighted by Gasteiger charge is 2.41. The van der Waals surface area contributed by atoms with Gasteiger partial charge < -0.3 is 9.47 Å². The van der Waals surface area contributed by atoms with Crippen LogP contribution in [0.15, 0.2) is 21.9 Å². The lowest BCUT2D eigenvalue weighted by molar-refractivity contribution is -0.132. The standard InChI is InChI=1S/C14H20N4O5S/c19-12-3-5-17(14(21)15-12)6-4-13(20)16-7-9-18(10-8-16)24(22,23)11-1-2-11/h3,5,11H,1-2,4,6-10H2,(H,15,19,21). The van der Waals surface area contributed by atoms with Crippen molar-refractivity contribution in [1.29, 1.82) is 0 Å². The zero-order valence-electron chi connectivity index (χ0n) is 13.2. The van der Waals surface area contributed by atoms with Gasteiger partial charge in [-0.1, -0.05) is 0 Å². The highest BCUT2D eigenvalue weighted by atomic mass is 32.2. The SMILES string of the molecule is O=C(CCn1ccc(=O)[nH]c1=O)N1CCN(S(=O)(=O)C2CC2)CC1. The van der Waals surface area contributed by atoms with Crippen molar-refractivity contribution in [3.05, 3.63) is 33.1 Å². The summed E-state index contributed by atoms with van der Waals surface area (Å²) in [6.07, 6.45) is 2.95. The molecule has 0 spiro atoms. The fraction of sp³-hybridized carbons (Fsp3) is 0.643. The molecule has 1 aromatic heterocycles. The van der Waals surface area contributed by atoms with Crippen molar-refractivity contribution in [2.75, 3.05) is 26.2 Å². The molecule has 2 aliphatic rings. The number of aromatic nitrogens is 2. The lowest BCUT2D eigenvalue weighted by atomic mass is 10.3. The van der Waals surface area contributed by atoms with Crippen LogP contribution in [0.4, 0.5) is 0 Å². The van der Waals surface area contributed by atoms with Gasteiger partial charge in [-0.15, -0.1) is 0 Å². The fourth-order valence-corrected chi connectivity index (χ4v) is 4.59. The molecular weight excluding hydrogens is 336 g/mol. The van der Waals surface area contributed by atoms with E-state index in [1.54, 1.807) is 4.90 Å². The average Bonchev–Trinajstić information content (AvgIpc) is 3.39.